The minimum atomic E-state index is -1.24. The van der Waals surface area contributed by atoms with Crippen LogP contribution in [0.2, 0.25) is 4.34 Å². The number of oxime groups is 1. The zero-order chi connectivity index (χ0) is 27.4. The number of imidazole rings is 1. The molecular formula is C21H24Cl2N8O5S3. The topological polar surface area (TPSA) is 190 Å². The van der Waals surface area contributed by atoms with Crippen LogP contribution in [0.4, 0.5) is 5.13 Å². The zero-order valence-electron chi connectivity index (χ0n) is 20.2. The van der Waals surface area contributed by atoms with E-state index in [-0.39, 0.29) is 33.3 Å². The summed E-state index contributed by atoms with van der Waals surface area (Å²) < 4.78 is 0.0496. The van der Waals surface area contributed by atoms with Crippen LogP contribution >= 0.6 is 58.9 Å². The molecule has 39 heavy (non-hydrogen) atoms. The van der Waals surface area contributed by atoms with Gasteiger partial charge in [-0.15, -0.1) is 35.9 Å². The number of hydrogen-bond acceptors (Lipinski definition) is 12. The minimum Gasteiger partial charge on any atom is -0.477 e. The van der Waals surface area contributed by atoms with Crippen molar-refractivity contribution in [2.24, 2.45) is 5.16 Å². The number of nitrogen functional groups attached to an aromatic ring is 1. The molecule has 18 heteroatoms. The highest BCUT2D eigenvalue weighted by Gasteiger charge is 2.54. The van der Waals surface area contributed by atoms with Gasteiger partial charge >= 0.3 is 5.97 Å². The number of thiazole rings is 1. The SMILES string of the molecule is CN(CCSC=CC1=C(C(=O)O)N2C(=O)[C@@H](NC(=O)/C(=N\O)c3nc(N)sc3Cl)[C@H]2SC1)Cc1ncc[nH]1.Cl. The van der Waals surface area contributed by atoms with Gasteiger partial charge in [0, 0.05) is 30.4 Å². The number of carboxylic acid groups (broad SMARTS) is 1. The molecule has 4 heterocycles. The van der Waals surface area contributed by atoms with E-state index in [1.807, 2.05) is 12.5 Å². The Morgan fingerprint density at radius 1 is 1.49 bits per heavy atom. The number of anilines is 1. The third-order valence-corrected chi connectivity index (χ3v) is 8.69. The van der Waals surface area contributed by atoms with Gasteiger partial charge in [-0.05, 0) is 24.1 Å². The third-order valence-electron chi connectivity index (χ3n) is 5.56. The predicted octanol–water partition coefficient (Wildman–Crippen LogP) is 1.82. The number of rotatable bonds is 11. The van der Waals surface area contributed by atoms with Crippen molar-refractivity contribution in [3.05, 3.63) is 51.0 Å². The smallest absolute Gasteiger partial charge is 0.352 e. The Morgan fingerprint density at radius 3 is 2.87 bits per heavy atom. The van der Waals surface area contributed by atoms with Crippen LogP contribution in [0.5, 0.6) is 0 Å². The first-order valence-corrected chi connectivity index (χ1v) is 14.3. The van der Waals surface area contributed by atoms with Gasteiger partial charge in [0.25, 0.3) is 11.8 Å². The highest BCUT2D eigenvalue weighted by molar-refractivity contribution is 8.02. The Labute approximate surface area is 246 Å². The van der Waals surface area contributed by atoms with Crippen molar-refractivity contribution in [3.63, 3.8) is 0 Å². The molecule has 0 radical (unpaired) electrons. The third kappa shape index (κ3) is 6.88. The number of hydrogen-bond donors (Lipinski definition) is 5. The molecule has 0 spiro atoms. The maximum atomic E-state index is 12.9. The predicted molar refractivity (Wildman–Crippen MR) is 153 cm³/mol. The lowest BCUT2D eigenvalue weighted by Crippen LogP contribution is -2.71. The molecule has 2 aromatic heterocycles. The number of β-lactam (4-membered cyclic amide) rings is 1. The van der Waals surface area contributed by atoms with Crippen LogP contribution in [0.25, 0.3) is 0 Å². The van der Waals surface area contributed by atoms with Crippen molar-refractivity contribution in [1.29, 1.82) is 0 Å². The second-order valence-electron chi connectivity index (χ2n) is 8.11. The average molecular weight is 636 g/mol. The summed E-state index contributed by atoms with van der Waals surface area (Å²) in [5.41, 5.74) is 5.34. The first-order chi connectivity index (χ1) is 18.2. The van der Waals surface area contributed by atoms with Crippen LogP contribution in [-0.2, 0) is 20.9 Å². The van der Waals surface area contributed by atoms with E-state index >= 15 is 0 Å². The first kappa shape index (κ1) is 30.8. The molecule has 4 rings (SSSR count). The molecule has 1 fully saturated rings. The van der Waals surface area contributed by atoms with Gasteiger partial charge in [-0.1, -0.05) is 28.1 Å². The number of nitrogens with two attached hydrogens (primary N) is 1. The number of aromatic amines is 1. The van der Waals surface area contributed by atoms with E-state index in [9.17, 15) is 24.7 Å². The van der Waals surface area contributed by atoms with Crippen molar-refractivity contribution in [1.82, 2.24) is 30.1 Å². The molecular weight excluding hydrogens is 611 g/mol. The summed E-state index contributed by atoms with van der Waals surface area (Å²) in [7, 11) is 1.98. The maximum Gasteiger partial charge on any atom is 0.352 e. The second kappa shape index (κ2) is 13.5. The summed E-state index contributed by atoms with van der Waals surface area (Å²) >= 11 is 9.74. The van der Waals surface area contributed by atoms with Crippen molar-refractivity contribution in [3.8, 4) is 0 Å². The van der Waals surface area contributed by atoms with E-state index in [4.69, 9.17) is 17.3 Å². The Morgan fingerprint density at radius 2 is 2.26 bits per heavy atom. The molecule has 6 N–H and O–H groups in total. The molecule has 1 saturated heterocycles. The summed E-state index contributed by atoms with van der Waals surface area (Å²) in [4.78, 5) is 52.0. The van der Waals surface area contributed by atoms with E-state index in [1.165, 1.54) is 23.5 Å². The van der Waals surface area contributed by atoms with Gasteiger partial charge in [0.2, 0.25) is 0 Å². The van der Waals surface area contributed by atoms with E-state index in [2.05, 4.69) is 30.3 Å². The number of amides is 2. The molecule has 210 valence electrons. The Bertz CT molecular complexity index is 1320. The highest BCUT2D eigenvalue weighted by Crippen LogP contribution is 2.41. The number of nitrogens with one attached hydrogen (secondary N) is 2. The lowest BCUT2D eigenvalue weighted by molar-refractivity contribution is -0.150. The number of aromatic nitrogens is 3. The van der Waals surface area contributed by atoms with Crippen LogP contribution in [0.1, 0.15) is 11.5 Å². The summed E-state index contributed by atoms with van der Waals surface area (Å²) in [5, 5.41) is 25.9. The molecule has 0 aromatic carbocycles. The number of allylic oxidation sites excluding steroid dienone is 1. The molecule has 2 aliphatic heterocycles. The van der Waals surface area contributed by atoms with Crippen LogP contribution in [0, 0.1) is 0 Å². The molecule has 0 saturated carbocycles. The van der Waals surface area contributed by atoms with Crippen LogP contribution in [-0.4, -0.2) is 95.1 Å². The number of fused-ring (bicyclic) bond motifs is 1. The van der Waals surface area contributed by atoms with Gasteiger partial charge in [0.15, 0.2) is 10.8 Å². The van der Waals surface area contributed by atoms with Crippen molar-refractivity contribution in [2.75, 3.05) is 30.8 Å². The monoisotopic (exact) mass is 634 g/mol. The van der Waals surface area contributed by atoms with E-state index < -0.39 is 34.9 Å². The number of nitrogens with zero attached hydrogens (tertiary/aromatic N) is 5. The number of carboxylic acids is 1. The van der Waals surface area contributed by atoms with Crippen LogP contribution in [0.15, 0.2) is 40.3 Å². The standard InChI is InChI=1S/C21H23ClN8O5S3.ClH/c1-29(8-11-24-3-4-25-11)5-7-36-6-2-10-9-37-19-14(18(32)30(19)15(10)20(33)34)26-17(31)13(28-35)12-16(22)38-21(23)27-12;/h2-4,6,14,19,35H,5,7-9H2,1H3,(H2,23,27)(H,24,25)(H,26,31)(H,33,34);1H/b6-2?,28-13-;/t14-,19-;/m1./s1. The van der Waals surface area contributed by atoms with E-state index in [1.54, 1.807) is 18.5 Å². The molecule has 2 amide bonds. The van der Waals surface area contributed by atoms with E-state index in [0.29, 0.717) is 17.9 Å². The Balaban J connectivity index is 0.00000420. The summed E-state index contributed by atoms with van der Waals surface area (Å²) in [6, 6.07) is -1.02. The molecule has 2 aromatic rings. The van der Waals surface area contributed by atoms with Gasteiger partial charge in [0.05, 0.1) is 6.54 Å². The van der Waals surface area contributed by atoms with Crippen molar-refractivity contribution in [2.45, 2.75) is 18.0 Å². The second-order valence-corrected chi connectivity index (χ2v) is 11.9. The Kier molecular flexibility index (Phi) is 10.7. The number of carbonyl (C=O) groups is 3. The first-order valence-electron chi connectivity index (χ1n) is 11.0. The van der Waals surface area contributed by atoms with Gasteiger partial charge in [-0.3, -0.25) is 19.4 Å². The fourth-order valence-corrected chi connectivity index (χ4v) is 6.83. The molecule has 0 aliphatic carbocycles. The van der Waals surface area contributed by atoms with Crippen LogP contribution in [0.3, 0.4) is 0 Å². The fraction of sp³-hybridized carbons (Fsp3) is 0.333. The van der Waals surface area contributed by atoms with E-state index in [0.717, 1.165) is 34.4 Å². The fourth-order valence-electron chi connectivity index (χ4n) is 3.77. The number of carbonyl (C=O) groups excluding carboxylic acids is 2. The Hall–Kier alpha value is -2.76. The summed E-state index contributed by atoms with van der Waals surface area (Å²) in [6.45, 7) is 1.48. The molecule has 13 nitrogen and oxygen atoms in total. The van der Waals surface area contributed by atoms with Crippen molar-refractivity contribution < 1.29 is 24.7 Å². The van der Waals surface area contributed by atoms with Gasteiger partial charge in [0.1, 0.15) is 33.0 Å². The number of thioether (sulfide) groups is 2. The lowest BCUT2D eigenvalue weighted by atomic mass is 10.0. The largest absolute Gasteiger partial charge is 0.477 e. The summed E-state index contributed by atoms with van der Waals surface area (Å²) in [6.07, 6.45) is 5.18. The normalized spacial score (nSPS) is 19.2. The molecule has 0 unspecified atom stereocenters. The highest BCUT2D eigenvalue weighted by atomic mass is 35.5. The lowest BCUT2D eigenvalue weighted by Gasteiger charge is -2.49. The zero-order valence-corrected chi connectivity index (χ0v) is 24.3. The minimum absolute atomic E-state index is 0. The molecule has 0 bridgehead atoms. The maximum absolute atomic E-state index is 12.9. The van der Waals surface area contributed by atoms with Crippen molar-refractivity contribution >= 4 is 87.5 Å². The van der Waals surface area contributed by atoms with Gasteiger partial charge < -0.3 is 26.3 Å². The van der Waals surface area contributed by atoms with Crippen LogP contribution < -0.4 is 11.1 Å². The average Bonchev–Trinajstić information content (AvgIpc) is 3.50. The van der Waals surface area contributed by atoms with Gasteiger partial charge in [-0.25, -0.2) is 14.8 Å². The summed E-state index contributed by atoms with van der Waals surface area (Å²) in [5.74, 6) is -0.737. The number of H-pyrrole nitrogens is 1. The number of aliphatic carboxylic acids is 1. The molecule has 2 atom stereocenters. The van der Waals surface area contributed by atoms with Gasteiger partial charge in [-0.2, -0.15) is 0 Å². The molecule has 2 aliphatic rings. The number of halogens is 2. The quantitative estimate of drug-likeness (QED) is 0.0796.